The number of amides is 1. The zero-order valence-electron chi connectivity index (χ0n) is 6.28. The van der Waals surface area contributed by atoms with Gasteiger partial charge in [0.05, 0.1) is 6.04 Å². The Kier molecular flexibility index (Phi) is 4.84. The summed E-state index contributed by atoms with van der Waals surface area (Å²) in [6.07, 6.45) is 0. The maximum absolute atomic E-state index is 11.5. The molecule has 0 aliphatic heterocycles. The van der Waals surface area contributed by atoms with E-state index in [0.29, 0.717) is 0 Å². The summed E-state index contributed by atoms with van der Waals surface area (Å²) in [7, 11) is 1.68. The Labute approximate surface area is 60.0 Å². The highest BCUT2D eigenvalue weighted by molar-refractivity contribution is 5.81. The molecule has 0 spiro atoms. The maximum Gasteiger partial charge on any atom is 0.236 e. The normalized spacial score (nSPS) is 12.7. The second-order valence-corrected chi connectivity index (χ2v) is 1.99. The van der Waals surface area contributed by atoms with Crippen LogP contribution in [0.2, 0.25) is 0 Å². The Balaban J connectivity index is 3.42. The van der Waals surface area contributed by atoms with Gasteiger partial charge in [0.1, 0.15) is 6.67 Å². The molecule has 3 nitrogen and oxygen atoms in total. The molecule has 2 N–H and O–H groups in total. The van der Waals surface area contributed by atoms with Crippen molar-refractivity contribution in [1.82, 2.24) is 10.6 Å². The van der Waals surface area contributed by atoms with E-state index < -0.39 is 6.67 Å². The first kappa shape index (κ1) is 9.36. The third kappa shape index (κ3) is 3.40. The van der Waals surface area contributed by atoms with Gasteiger partial charge in [-0.05, 0) is 14.0 Å². The van der Waals surface area contributed by atoms with E-state index in [4.69, 9.17) is 0 Å². The quantitative estimate of drug-likeness (QED) is 0.573. The van der Waals surface area contributed by atoms with Gasteiger partial charge in [-0.2, -0.15) is 0 Å². The number of carbonyl (C=O) groups excluding carboxylic acids is 1. The third-order valence-electron chi connectivity index (χ3n) is 1.22. The van der Waals surface area contributed by atoms with Crippen molar-refractivity contribution in [3.05, 3.63) is 0 Å². The largest absolute Gasteiger partial charge is 0.352 e. The van der Waals surface area contributed by atoms with E-state index in [1.807, 2.05) is 0 Å². The molecule has 0 bridgehead atoms. The Morgan fingerprint density at radius 3 is 2.70 bits per heavy atom. The van der Waals surface area contributed by atoms with E-state index in [9.17, 15) is 9.18 Å². The van der Waals surface area contributed by atoms with E-state index in [2.05, 4.69) is 10.6 Å². The van der Waals surface area contributed by atoms with Crippen LogP contribution >= 0.6 is 0 Å². The summed E-state index contributed by atoms with van der Waals surface area (Å²) in [4.78, 5) is 10.8. The molecule has 1 atom stereocenters. The number of alkyl halides is 1. The van der Waals surface area contributed by atoms with E-state index in [1.165, 1.54) is 0 Å². The highest BCUT2D eigenvalue weighted by Gasteiger charge is 2.07. The Bertz CT molecular complexity index is 108. The first-order valence-corrected chi connectivity index (χ1v) is 3.23. The van der Waals surface area contributed by atoms with Gasteiger partial charge in [-0.25, -0.2) is 4.39 Å². The molecule has 0 rings (SSSR count). The van der Waals surface area contributed by atoms with Gasteiger partial charge in [-0.15, -0.1) is 0 Å². The lowest BCUT2D eigenvalue weighted by Gasteiger charge is -2.08. The number of hydrogen-bond donors (Lipinski definition) is 2. The molecule has 0 heterocycles. The average Bonchev–Trinajstić information content (AvgIpc) is 1.98. The van der Waals surface area contributed by atoms with Crippen LogP contribution in [0.3, 0.4) is 0 Å². The molecule has 1 amide bonds. The molecule has 0 saturated carbocycles. The lowest BCUT2D eigenvalue weighted by molar-refractivity contribution is -0.122. The van der Waals surface area contributed by atoms with Crippen LogP contribution in [0.25, 0.3) is 0 Å². The van der Waals surface area contributed by atoms with Crippen molar-refractivity contribution in [3.63, 3.8) is 0 Å². The standard InChI is InChI=1S/C6H13FN2O/c1-5(8-2)6(10)9-4-3-7/h5,8H,3-4H2,1-2H3,(H,9,10)/t5-/m0/s1. The lowest BCUT2D eigenvalue weighted by Crippen LogP contribution is -2.41. The Hall–Kier alpha value is -0.640. The van der Waals surface area contributed by atoms with Crippen molar-refractivity contribution in [2.24, 2.45) is 0 Å². The molecular weight excluding hydrogens is 135 g/mol. The molecule has 0 aliphatic rings. The minimum atomic E-state index is -0.512. The van der Waals surface area contributed by atoms with Crippen molar-refractivity contribution in [2.75, 3.05) is 20.3 Å². The molecular formula is C6H13FN2O. The second-order valence-electron chi connectivity index (χ2n) is 1.99. The maximum atomic E-state index is 11.5. The fraction of sp³-hybridized carbons (Fsp3) is 0.833. The van der Waals surface area contributed by atoms with Crippen LogP contribution in [0.15, 0.2) is 0 Å². The van der Waals surface area contributed by atoms with Gasteiger partial charge in [-0.3, -0.25) is 4.79 Å². The van der Waals surface area contributed by atoms with Crippen LogP contribution in [-0.4, -0.2) is 32.2 Å². The summed E-state index contributed by atoms with van der Waals surface area (Å²) < 4.78 is 11.5. The summed E-state index contributed by atoms with van der Waals surface area (Å²) in [5.74, 6) is -0.167. The highest BCUT2D eigenvalue weighted by atomic mass is 19.1. The van der Waals surface area contributed by atoms with Crippen molar-refractivity contribution in [1.29, 1.82) is 0 Å². The number of hydrogen-bond acceptors (Lipinski definition) is 2. The fourth-order valence-corrected chi connectivity index (χ4v) is 0.455. The van der Waals surface area contributed by atoms with E-state index in [0.717, 1.165) is 0 Å². The first-order valence-electron chi connectivity index (χ1n) is 3.23. The van der Waals surface area contributed by atoms with E-state index in [-0.39, 0.29) is 18.5 Å². The average molecular weight is 148 g/mol. The highest BCUT2D eigenvalue weighted by Crippen LogP contribution is 1.78. The van der Waals surface area contributed by atoms with Gasteiger partial charge in [0.2, 0.25) is 5.91 Å². The molecule has 0 aromatic rings. The van der Waals surface area contributed by atoms with Gasteiger partial charge in [0.25, 0.3) is 0 Å². The molecule has 0 aliphatic carbocycles. The monoisotopic (exact) mass is 148 g/mol. The molecule has 0 fully saturated rings. The van der Waals surface area contributed by atoms with Crippen LogP contribution in [0.1, 0.15) is 6.92 Å². The Morgan fingerprint density at radius 1 is 1.70 bits per heavy atom. The minimum absolute atomic E-state index is 0.102. The number of nitrogens with one attached hydrogen (secondary N) is 2. The minimum Gasteiger partial charge on any atom is -0.352 e. The van der Waals surface area contributed by atoms with Crippen molar-refractivity contribution < 1.29 is 9.18 Å². The van der Waals surface area contributed by atoms with Crippen LogP contribution in [-0.2, 0) is 4.79 Å². The molecule has 0 aromatic carbocycles. The van der Waals surface area contributed by atoms with Crippen LogP contribution in [0, 0.1) is 0 Å². The summed E-state index contributed by atoms with van der Waals surface area (Å²) in [5.41, 5.74) is 0. The SMILES string of the molecule is CN[C@@H](C)C(=O)NCCF. The molecule has 60 valence electrons. The van der Waals surface area contributed by atoms with Gasteiger partial charge in [0, 0.05) is 6.54 Å². The van der Waals surface area contributed by atoms with Crippen LogP contribution < -0.4 is 10.6 Å². The number of carbonyl (C=O) groups is 1. The van der Waals surface area contributed by atoms with Gasteiger partial charge >= 0.3 is 0 Å². The van der Waals surface area contributed by atoms with Crippen molar-refractivity contribution in [2.45, 2.75) is 13.0 Å². The second kappa shape index (κ2) is 5.17. The third-order valence-corrected chi connectivity index (χ3v) is 1.22. The zero-order valence-corrected chi connectivity index (χ0v) is 6.28. The summed E-state index contributed by atoms with van der Waals surface area (Å²) >= 11 is 0. The van der Waals surface area contributed by atoms with Crippen LogP contribution in [0.4, 0.5) is 4.39 Å². The van der Waals surface area contributed by atoms with Crippen molar-refractivity contribution >= 4 is 5.91 Å². The van der Waals surface area contributed by atoms with Gasteiger partial charge in [-0.1, -0.05) is 0 Å². The number of halogens is 1. The first-order chi connectivity index (χ1) is 4.72. The number of likely N-dealkylation sites (N-methyl/N-ethyl adjacent to an activating group) is 1. The van der Waals surface area contributed by atoms with Crippen molar-refractivity contribution in [3.8, 4) is 0 Å². The predicted molar refractivity (Wildman–Crippen MR) is 37.5 cm³/mol. The fourth-order valence-electron chi connectivity index (χ4n) is 0.455. The molecule has 0 unspecified atom stereocenters. The molecule has 0 aromatic heterocycles. The summed E-state index contributed by atoms with van der Waals surface area (Å²) in [5, 5.41) is 5.15. The molecule has 0 radical (unpaired) electrons. The van der Waals surface area contributed by atoms with Gasteiger partial charge < -0.3 is 10.6 Å². The number of rotatable bonds is 4. The molecule has 4 heteroatoms. The van der Waals surface area contributed by atoms with Gasteiger partial charge in [0.15, 0.2) is 0 Å². The summed E-state index contributed by atoms with van der Waals surface area (Å²) in [6, 6.07) is -0.244. The Morgan fingerprint density at radius 2 is 2.30 bits per heavy atom. The smallest absolute Gasteiger partial charge is 0.236 e. The topological polar surface area (TPSA) is 41.1 Å². The van der Waals surface area contributed by atoms with Crippen LogP contribution in [0.5, 0.6) is 0 Å². The lowest BCUT2D eigenvalue weighted by atomic mass is 10.3. The summed E-state index contributed by atoms with van der Waals surface area (Å²) in [6.45, 7) is 1.31. The predicted octanol–water partition coefficient (Wildman–Crippen LogP) is -0.320. The van der Waals surface area contributed by atoms with E-state index >= 15 is 0 Å². The molecule has 0 saturated heterocycles. The van der Waals surface area contributed by atoms with E-state index in [1.54, 1.807) is 14.0 Å². The molecule has 10 heavy (non-hydrogen) atoms. The zero-order chi connectivity index (χ0) is 7.98.